The highest BCUT2D eigenvalue weighted by atomic mass is 16.2. The molecule has 5 heteroatoms. The number of likely N-dealkylation sites (N-methyl/N-ethyl adjacent to an activating group) is 1. The first-order valence-corrected chi connectivity index (χ1v) is 9.47. The van der Waals surface area contributed by atoms with Gasteiger partial charge in [0.25, 0.3) is 0 Å². The summed E-state index contributed by atoms with van der Waals surface area (Å²) in [6.45, 7) is 5.01. The lowest BCUT2D eigenvalue weighted by Gasteiger charge is -2.34. The van der Waals surface area contributed by atoms with E-state index in [4.69, 9.17) is 0 Å². The number of urea groups is 1. The Labute approximate surface area is 151 Å². The zero-order valence-electron chi connectivity index (χ0n) is 15.3. The first-order chi connectivity index (χ1) is 12.2. The van der Waals surface area contributed by atoms with Crippen LogP contribution < -0.4 is 15.5 Å². The summed E-state index contributed by atoms with van der Waals surface area (Å²) in [5.41, 5.74) is 3.55. The lowest BCUT2D eigenvalue weighted by atomic mass is 9.97. The Balaban J connectivity index is 1.41. The molecule has 1 aliphatic carbocycles. The van der Waals surface area contributed by atoms with Crippen molar-refractivity contribution in [2.45, 2.75) is 32.1 Å². The molecule has 0 spiro atoms. The molecule has 5 nitrogen and oxygen atoms in total. The fourth-order valence-electron chi connectivity index (χ4n) is 3.46. The van der Waals surface area contributed by atoms with Crippen LogP contribution in [0.5, 0.6) is 0 Å². The molecule has 0 aromatic heterocycles. The summed E-state index contributed by atoms with van der Waals surface area (Å²) < 4.78 is 0. The van der Waals surface area contributed by atoms with Crippen LogP contribution in [-0.2, 0) is 0 Å². The Morgan fingerprint density at radius 2 is 1.84 bits per heavy atom. The smallest absolute Gasteiger partial charge is 0.319 e. The Hall–Kier alpha value is -2.01. The van der Waals surface area contributed by atoms with E-state index in [9.17, 15) is 4.79 Å². The van der Waals surface area contributed by atoms with E-state index in [2.05, 4.69) is 45.7 Å². The van der Waals surface area contributed by atoms with E-state index in [-0.39, 0.29) is 6.03 Å². The molecule has 2 amide bonds. The maximum absolute atomic E-state index is 12.0. The third-order valence-electron chi connectivity index (χ3n) is 5.11. The fourth-order valence-corrected chi connectivity index (χ4v) is 3.46. The van der Waals surface area contributed by atoms with Crippen LogP contribution in [0.1, 0.15) is 32.1 Å². The molecule has 1 fully saturated rings. The maximum atomic E-state index is 12.0. The SMILES string of the molecule is CN1CCN(c2ccc(NC(=O)NCCC3=CCCCC3)cc2)CC1. The van der Waals surface area contributed by atoms with Crippen molar-refractivity contribution in [3.8, 4) is 0 Å². The van der Waals surface area contributed by atoms with Crippen LogP contribution in [0.25, 0.3) is 0 Å². The summed E-state index contributed by atoms with van der Waals surface area (Å²) in [6, 6.07) is 8.03. The van der Waals surface area contributed by atoms with Crippen LogP contribution in [0.3, 0.4) is 0 Å². The molecule has 1 aromatic rings. The van der Waals surface area contributed by atoms with Gasteiger partial charge in [0.2, 0.25) is 0 Å². The molecule has 1 heterocycles. The normalized spacial score (nSPS) is 18.6. The minimum Gasteiger partial charge on any atom is -0.369 e. The summed E-state index contributed by atoms with van der Waals surface area (Å²) in [5.74, 6) is 0. The van der Waals surface area contributed by atoms with Gasteiger partial charge < -0.3 is 20.4 Å². The number of nitrogens with zero attached hydrogens (tertiary/aromatic N) is 2. The van der Waals surface area contributed by atoms with Gasteiger partial charge in [0, 0.05) is 44.1 Å². The molecule has 0 radical (unpaired) electrons. The van der Waals surface area contributed by atoms with Crippen LogP contribution in [0, 0.1) is 0 Å². The second-order valence-electron chi connectivity index (χ2n) is 7.08. The van der Waals surface area contributed by atoms with Crippen molar-refractivity contribution in [1.82, 2.24) is 10.2 Å². The summed E-state index contributed by atoms with van der Waals surface area (Å²) in [4.78, 5) is 16.8. The third-order valence-corrected chi connectivity index (χ3v) is 5.11. The number of hydrogen-bond donors (Lipinski definition) is 2. The minimum atomic E-state index is -0.122. The van der Waals surface area contributed by atoms with Gasteiger partial charge in [-0.1, -0.05) is 11.6 Å². The van der Waals surface area contributed by atoms with Crippen LogP contribution in [0.2, 0.25) is 0 Å². The van der Waals surface area contributed by atoms with Crippen molar-refractivity contribution in [3.05, 3.63) is 35.9 Å². The van der Waals surface area contributed by atoms with Crippen LogP contribution in [0.15, 0.2) is 35.9 Å². The van der Waals surface area contributed by atoms with Gasteiger partial charge >= 0.3 is 6.03 Å². The number of allylic oxidation sites excluding steroid dienone is 1. The zero-order chi connectivity index (χ0) is 17.5. The molecule has 25 heavy (non-hydrogen) atoms. The molecule has 0 atom stereocenters. The highest BCUT2D eigenvalue weighted by Gasteiger charge is 2.14. The Morgan fingerprint density at radius 3 is 2.52 bits per heavy atom. The van der Waals surface area contributed by atoms with Crippen molar-refractivity contribution in [2.24, 2.45) is 0 Å². The van der Waals surface area contributed by atoms with Gasteiger partial charge in [0.1, 0.15) is 0 Å². The second-order valence-corrected chi connectivity index (χ2v) is 7.08. The number of hydrogen-bond acceptors (Lipinski definition) is 3. The Morgan fingerprint density at radius 1 is 1.08 bits per heavy atom. The van der Waals surface area contributed by atoms with Crippen molar-refractivity contribution in [1.29, 1.82) is 0 Å². The monoisotopic (exact) mass is 342 g/mol. The molecule has 1 aromatic carbocycles. The van der Waals surface area contributed by atoms with Crippen LogP contribution in [-0.4, -0.2) is 50.7 Å². The van der Waals surface area contributed by atoms with E-state index in [1.165, 1.54) is 36.9 Å². The standard InChI is InChI=1S/C20H30N4O/c1-23-13-15-24(16-14-23)19-9-7-18(8-10-19)22-20(25)21-12-11-17-5-3-2-4-6-17/h5,7-10H,2-4,6,11-16H2,1H3,(H2,21,22,25). The quantitative estimate of drug-likeness (QED) is 0.806. The number of carbonyl (C=O) groups is 1. The van der Waals surface area contributed by atoms with Gasteiger partial charge in [0.15, 0.2) is 0 Å². The first-order valence-electron chi connectivity index (χ1n) is 9.47. The Bertz CT molecular complexity index is 588. The minimum absolute atomic E-state index is 0.122. The summed E-state index contributed by atoms with van der Waals surface area (Å²) in [5, 5.41) is 5.88. The predicted molar refractivity (Wildman–Crippen MR) is 104 cm³/mol. The third kappa shape index (κ3) is 5.49. The van der Waals surface area contributed by atoms with E-state index >= 15 is 0 Å². The summed E-state index contributed by atoms with van der Waals surface area (Å²) in [6.07, 6.45) is 8.29. The second kappa shape index (κ2) is 8.90. The van der Waals surface area contributed by atoms with Crippen LogP contribution >= 0.6 is 0 Å². The maximum Gasteiger partial charge on any atom is 0.319 e. The van der Waals surface area contributed by atoms with E-state index in [0.717, 1.165) is 38.3 Å². The molecule has 2 aliphatic rings. The molecular formula is C20H30N4O. The van der Waals surface area contributed by atoms with Gasteiger partial charge in [-0.3, -0.25) is 0 Å². The summed E-state index contributed by atoms with van der Waals surface area (Å²) in [7, 11) is 2.16. The highest BCUT2D eigenvalue weighted by molar-refractivity contribution is 5.89. The van der Waals surface area contributed by atoms with Crippen molar-refractivity contribution in [2.75, 3.05) is 50.0 Å². The van der Waals surface area contributed by atoms with Gasteiger partial charge in [-0.2, -0.15) is 0 Å². The van der Waals surface area contributed by atoms with Gasteiger partial charge in [-0.15, -0.1) is 0 Å². The largest absolute Gasteiger partial charge is 0.369 e. The lowest BCUT2D eigenvalue weighted by Crippen LogP contribution is -2.44. The average molecular weight is 342 g/mol. The van der Waals surface area contributed by atoms with Crippen LogP contribution in [0.4, 0.5) is 16.2 Å². The molecule has 3 rings (SSSR count). The van der Waals surface area contributed by atoms with E-state index in [1.54, 1.807) is 0 Å². The topological polar surface area (TPSA) is 47.6 Å². The fraction of sp³-hybridized carbons (Fsp3) is 0.550. The molecule has 136 valence electrons. The number of carbonyl (C=O) groups excluding carboxylic acids is 1. The number of anilines is 2. The number of piperazine rings is 1. The van der Waals surface area contributed by atoms with Gasteiger partial charge in [-0.25, -0.2) is 4.79 Å². The average Bonchev–Trinajstić information content (AvgIpc) is 2.64. The van der Waals surface area contributed by atoms with E-state index < -0.39 is 0 Å². The van der Waals surface area contributed by atoms with Gasteiger partial charge in [-0.05, 0) is 63.4 Å². The zero-order valence-corrected chi connectivity index (χ0v) is 15.3. The Kier molecular flexibility index (Phi) is 6.34. The number of benzene rings is 1. The molecule has 1 saturated heterocycles. The van der Waals surface area contributed by atoms with E-state index in [1.807, 2.05) is 12.1 Å². The van der Waals surface area contributed by atoms with Crippen molar-refractivity contribution >= 4 is 17.4 Å². The number of amides is 2. The first kappa shape index (κ1) is 17.8. The molecule has 0 unspecified atom stereocenters. The predicted octanol–water partition coefficient (Wildman–Crippen LogP) is 3.45. The molecule has 0 saturated carbocycles. The van der Waals surface area contributed by atoms with Crippen molar-refractivity contribution in [3.63, 3.8) is 0 Å². The van der Waals surface area contributed by atoms with Crippen molar-refractivity contribution < 1.29 is 4.79 Å². The highest BCUT2D eigenvalue weighted by Crippen LogP contribution is 2.20. The number of nitrogens with one attached hydrogen (secondary N) is 2. The lowest BCUT2D eigenvalue weighted by molar-refractivity contribution is 0.252. The summed E-state index contributed by atoms with van der Waals surface area (Å²) >= 11 is 0. The molecule has 0 bridgehead atoms. The van der Waals surface area contributed by atoms with E-state index in [0.29, 0.717) is 6.54 Å². The van der Waals surface area contributed by atoms with Gasteiger partial charge in [0.05, 0.1) is 0 Å². The number of rotatable bonds is 5. The molecule has 1 aliphatic heterocycles. The molecule has 2 N–H and O–H groups in total. The molecular weight excluding hydrogens is 312 g/mol.